The summed E-state index contributed by atoms with van der Waals surface area (Å²) in [4.78, 5) is 28.9. The van der Waals surface area contributed by atoms with Crippen LogP contribution < -0.4 is 16.6 Å². The number of hydrogen-bond donors (Lipinski definition) is 2. The first-order valence-electron chi connectivity index (χ1n) is 7.44. The Balaban J connectivity index is 0.00000176. The van der Waals surface area contributed by atoms with E-state index in [1.165, 1.54) is 6.20 Å². The smallest absolute Gasteiger partial charge is 0.267 e. The van der Waals surface area contributed by atoms with E-state index < -0.39 is 0 Å². The second-order valence-electron chi connectivity index (χ2n) is 5.62. The summed E-state index contributed by atoms with van der Waals surface area (Å²) in [6, 6.07) is 0.0725. The number of thioether (sulfide) groups is 1. The van der Waals surface area contributed by atoms with Gasteiger partial charge >= 0.3 is 0 Å². The van der Waals surface area contributed by atoms with E-state index in [-0.39, 0.29) is 35.5 Å². The number of hydrogen-bond acceptors (Lipinski definition) is 5. The largest absolute Gasteiger partial charge is 0.349 e. The molecule has 8 heteroatoms. The van der Waals surface area contributed by atoms with Crippen LogP contribution in [0.3, 0.4) is 0 Å². The van der Waals surface area contributed by atoms with Crippen LogP contribution in [0.1, 0.15) is 36.0 Å². The van der Waals surface area contributed by atoms with Crippen molar-refractivity contribution in [2.24, 2.45) is 11.7 Å². The van der Waals surface area contributed by atoms with Gasteiger partial charge in [-0.15, -0.1) is 12.4 Å². The number of fused-ring (bicyclic) bond motifs is 1. The van der Waals surface area contributed by atoms with Crippen molar-refractivity contribution in [3.8, 4) is 0 Å². The lowest BCUT2D eigenvalue weighted by Gasteiger charge is -2.31. The first kappa shape index (κ1) is 17.3. The Morgan fingerprint density at radius 3 is 3.00 bits per heavy atom. The molecule has 1 aliphatic carbocycles. The number of carbonyl (C=O) groups is 1. The van der Waals surface area contributed by atoms with Crippen LogP contribution in [0, 0.1) is 5.92 Å². The molecule has 3 N–H and O–H groups in total. The van der Waals surface area contributed by atoms with Crippen LogP contribution in [0.25, 0.3) is 0 Å². The van der Waals surface area contributed by atoms with Crippen LogP contribution in [0.15, 0.2) is 16.1 Å². The zero-order valence-corrected chi connectivity index (χ0v) is 13.9. The fourth-order valence-corrected chi connectivity index (χ4v) is 4.01. The number of halogens is 1. The zero-order chi connectivity index (χ0) is 14.8. The Labute approximate surface area is 139 Å². The molecule has 1 saturated carbocycles. The lowest BCUT2D eigenvalue weighted by atomic mass is 9.84. The van der Waals surface area contributed by atoms with Crippen LogP contribution in [0.2, 0.25) is 0 Å². The van der Waals surface area contributed by atoms with Gasteiger partial charge in [0.25, 0.3) is 11.5 Å². The molecule has 0 radical (unpaired) electrons. The number of nitrogens with zero attached hydrogens (tertiary/aromatic N) is 2. The minimum absolute atomic E-state index is 0. The maximum Gasteiger partial charge on any atom is 0.267 e. The quantitative estimate of drug-likeness (QED) is 0.799. The molecule has 1 amide bonds. The van der Waals surface area contributed by atoms with Crippen molar-refractivity contribution in [2.45, 2.75) is 43.4 Å². The molecule has 3 rings (SSSR count). The summed E-state index contributed by atoms with van der Waals surface area (Å²) in [6.45, 7) is 1.20. The van der Waals surface area contributed by atoms with Gasteiger partial charge in [0.1, 0.15) is 5.56 Å². The fourth-order valence-electron chi connectivity index (χ4n) is 3.10. The highest BCUT2D eigenvalue weighted by Gasteiger charge is 2.27. The zero-order valence-electron chi connectivity index (χ0n) is 12.3. The summed E-state index contributed by atoms with van der Waals surface area (Å²) in [5, 5.41) is 3.69. The van der Waals surface area contributed by atoms with E-state index in [9.17, 15) is 9.59 Å². The molecule has 6 nitrogen and oxygen atoms in total. The molecule has 0 aromatic carbocycles. The van der Waals surface area contributed by atoms with Crippen molar-refractivity contribution < 1.29 is 4.79 Å². The molecule has 2 heterocycles. The average molecular weight is 345 g/mol. The van der Waals surface area contributed by atoms with Crippen LogP contribution in [-0.4, -0.2) is 33.8 Å². The normalized spacial score (nSPS) is 23.5. The molecule has 1 aromatic rings. The van der Waals surface area contributed by atoms with E-state index in [1.807, 2.05) is 0 Å². The van der Waals surface area contributed by atoms with E-state index in [0.29, 0.717) is 24.2 Å². The molecule has 2 aliphatic rings. The first-order valence-corrected chi connectivity index (χ1v) is 8.43. The fraction of sp³-hybridized carbons (Fsp3) is 0.643. The Morgan fingerprint density at radius 1 is 1.45 bits per heavy atom. The van der Waals surface area contributed by atoms with Gasteiger partial charge in [0.15, 0.2) is 5.16 Å². The van der Waals surface area contributed by atoms with Gasteiger partial charge in [-0.25, -0.2) is 4.98 Å². The molecular weight excluding hydrogens is 324 g/mol. The van der Waals surface area contributed by atoms with Gasteiger partial charge < -0.3 is 11.1 Å². The van der Waals surface area contributed by atoms with Crippen molar-refractivity contribution in [1.29, 1.82) is 0 Å². The van der Waals surface area contributed by atoms with Gasteiger partial charge in [-0.1, -0.05) is 24.6 Å². The van der Waals surface area contributed by atoms with Gasteiger partial charge in [-0.2, -0.15) is 0 Å². The Kier molecular flexibility index (Phi) is 5.88. The number of carbonyl (C=O) groups excluding carboxylic acids is 1. The van der Waals surface area contributed by atoms with E-state index in [4.69, 9.17) is 5.73 Å². The molecule has 1 aliphatic heterocycles. The molecule has 122 valence electrons. The van der Waals surface area contributed by atoms with Gasteiger partial charge in [0.2, 0.25) is 0 Å². The number of rotatable bonds is 3. The van der Waals surface area contributed by atoms with Crippen molar-refractivity contribution >= 4 is 30.1 Å². The molecule has 0 bridgehead atoms. The standard InChI is InChI=1S/C14H20N4O2S.ClH/c15-7-9-3-1-2-4-11(9)17-12(19)10-8-16-14-18(13(10)20)5-6-21-14;/h8-9,11H,1-7,15H2,(H,17,19);1H. The molecule has 0 saturated heterocycles. The van der Waals surface area contributed by atoms with Crippen LogP contribution in [0.5, 0.6) is 0 Å². The predicted molar refractivity (Wildman–Crippen MR) is 88.7 cm³/mol. The van der Waals surface area contributed by atoms with Crippen molar-refractivity contribution in [3.05, 3.63) is 22.1 Å². The highest BCUT2D eigenvalue weighted by Crippen LogP contribution is 2.24. The summed E-state index contributed by atoms with van der Waals surface area (Å²) < 4.78 is 1.58. The molecule has 0 spiro atoms. The number of aromatic nitrogens is 2. The second-order valence-corrected chi connectivity index (χ2v) is 6.68. The summed E-state index contributed by atoms with van der Waals surface area (Å²) in [7, 11) is 0. The third-order valence-electron chi connectivity index (χ3n) is 4.33. The third kappa shape index (κ3) is 3.31. The van der Waals surface area contributed by atoms with E-state index in [0.717, 1.165) is 31.4 Å². The lowest BCUT2D eigenvalue weighted by molar-refractivity contribution is 0.0905. The monoisotopic (exact) mass is 344 g/mol. The topological polar surface area (TPSA) is 90.0 Å². The highest BCUT2D eigenvalue weighted by atomic mass is 35.5. The van der Waals surface area contributed by atoms with Crippen molar-refractivity contribution in [3.63, 3.8) is 0 Å². The van der Waals surface area contributed by atoms with Crippen LogP contribution in [0.4, 0.5) is 0 Å². The van der Waals surface area contributed by atoms with E-state index in [2.05, 4.69) is 10.3 Å². The van der Waals surface area contributed by atoms with Crippen molar-refractivity contribution in [2.75, 3.05) is 12.3 Å². The summed E-state index contributed by atoms with van der Waals surface area (Å²) in [6.07, 6.45) is 5.64. The maximum absolute atomic E-state index is 12.4. The molecule has 2 unspecified atom stereocenters. The number of nitrogens with one attached hydrogen (secondary N) is 1. The Morgan fingerprint density at radius 2 is 2.23 bits per heavy atom. The molecule has 2 atom stereocenters. The summed E-state index contributed by atoms with van der Waals surface area (Å²) >= 11 is 1.55. The molecule has 22 heavy (non-hydrogen) atoms. The lowest BCUT2D eigenvalue weighted by Crippen LogP contribution is -2.46. The maximum atomic E-state index is 12.4. The highest BCUT2D eigenvalue weighted by molar-refractivity contribution is 7.99. The van der Waals surface area contributed by atoms with E-state index in [1.54, 1.807) is 16.3 Å². The van der Waals surface area contributed by atoms with E-state index >= 15 is 0 Å². The van der Waals surface area contributed by atoms with Gasteiger partial charge in [-0.3, -0.25) is 14.2 Å². The van der Waals surface area contributed by atoms with Crippen molar-refractivity contribution in [1.82, 2.24) is 14.9 Å². The van der Waals surface area contributed by atoms with Gasteiger partial charge in [0.05, 0.1) is 0 Å². The van der Waals surface area contributed by atoms with Crippen LogP contribution >= 0.6 is 24.2 Å². The summed E-state index contributed by atoms with van der Waals surface area (Å²) in [5.74, 6) is 0.832. The Hall–Kier alpha value is -1.05. The molecular formula is C14H21ClN4O2S. The summed E-state index contributed by atoms with van der Waals surface area (Å²) in [5.41, 5.74) is 5.69. The van der Waals surface area contributed by atoms with Gasteiger partial charge in [-0.05, 0) is 25.3 Å². The van der Waals surface area contributed by atoms with Crippen LogP contribution in [-0.2, 0) is 6.54 Å². The second kappa shape index (κ2) is 7.48. The Bertz CT molecular complexity index is 607. The number of amides is 1. The van der Waals surface area contributed by atoms with Gasteiger partial charge in [0, 0.05) is 24.5 Å². The SMILES string of the molecule is Cl.NCC1CCCCC1NC(=O)c1cnc2n(c1=O)CCS2. The number of nitrogens with two attached hydrogens (primary N) is 1. The molecule has 1 aromatic heterocycles. The average Bonchev–Trinajstić information content (AvgIpc) is 2.97. The minimum atomic E-state index is -0.315. The first-order chi connectivity index (χ1) is 10.2. The third-order valence-corrected chi connectivity index (χ3v) is 5.30. The minimum Gasteiger partial charge on any atom is -0.349 e. The molecule has 1 fully saturated rings. The predicted octanol–water partition coefficient (Wildman–Crippen LogP) is 1.02.